The largest absolute Gasteiger partial charge is 0.391 e. The average Bonchev–Trinajstić information content (AvgIpc) is 3.03. The monoisotopic (exact) mass is 397 g/mol. The van der Waals surface area contributed by atoms with Crippen LogP contribution in [-0.4, -0.2) is 51.7 Å². The van der Waals surface area contributed by atoms with Gasteiger partial charge in [-0.1, -0.05) is 0 Å². The highest BCUT2D eigenvalue weighted by molar-refractivity contribution is 9.11. The van der Waals surface area contributed by atoms with Crippen molar-refractivity contribution in [3.8, 4) is 0 Å². The van der Waals surface area contributed by atoms with Crippen molar-refractivity contribution in [1.82, 2.24) is 15.4 Å². The third kappa shape index (κ3) is 4.73. The van der Waals surface area contributed by atoms with Crippen LogP contribution in [0, 0.1) is 5.92 Å². The van der Waals surface area contributed by atoms with Crippen LogP contribution in [0.2, 0.25) is 0 Å². The number of aliphatic hydroxyl groups is 1. The van der Waals surface area contributed by atoms with Gasteiger partial charge in [0.25, 0.3) is 10.0 Å². The lowest BCUT2D eigenvalue weighted by atomic mass is 10.1. The first kappa shape index (κ1) is 16.8. The second kappa shape index (κ2) is 7.16. The Labute approximate surface area is 135 Å². The number of thiophene rings is 1. The van der Waals surface area contributed by atoms with Gasteiger partial charge in [0.05, 0.1) is 16.4 Å². The molecular formula is C11H16BrN3O4S2. The summed E-state index contributed by atoms with van der Waals surface area (Å²) in [5, 5.41) is 15.2. The summed E-state index contributed by atoms with van der Waals surface area (Å²) in [6.45, 7) is 1.14. The quantitative estimate of drug-likeness (QED) is 0.516. The number of hydrogen-bond acceptors (Lipinski definition) is 6. The third-order valence-electron chi connectivity index (χ3n) is 3.10. The predicted octanol–water partition coefficient (Wildman–Crippen LogP) is -0.515. The van der Waals surface area contributed by atoms with Gasteiger partial charge < -0.3 is 15.7 Å². The van der Waals surface area contributed by atoms with E-state index in [0.29, 0.717) is 23.4 Å². The van der Waals surface area contributed by atoms with E-state index < -0.39 is 22.0 Å². The average molecular weight is 398 g/mol. The van der Waals surface area contributed by atoms with E-state index in [1.807, 2.05) is 0 Å². The summed E-state index contributed by atoms with van der Waals surface area (Å²) >= 11 is 4.26. The van der Waals surface area contributed by atoms with Crippen LogP contribution >= 0.6 is 27.3 Å². The number of carbonyl (C=O) groups excluding carboxylic acids is 1. The molecule has 1 aromatic rings. The third-order valence-corrected chi connectivity index (χ3v) is 6.62. The van der Waals surface area contributed by atoms with Crippen LogP contribution in [0.25, 0.3) is 0 Å². The van der Waals surface area contributed by atoms with Gasteiger partial charge in [-0.15, -0.1) is 11.3 Å². The van der Waals surface area contributed by atoms with Gasteiger partial charge in [-0.3, -0.25) is 4.79 Å². The Hall–Kier alpha value is -0.520. The molecule has 1 saturated heterocycles. The SMILES string of the molecule is O=C(CNS(=O)(=O)c1ccc(Br)s1)NCC1CNCC1O. The van der Waals surface area contributed by atoms with Gasteiger partial charge in [0.2, 0.25) is 5.91 Å². The molecule has 0 aromatic carbocycles. The van der Waals surface area contributed by atoms with Crippen LogP contribution in [-0.2, 0) is 14.8 Å². The molecule has 21 heavy (non-hydrogen) atoms. The molecule has 1 fully saturated rings. The minimum atomic E-state index is -3.67. The molecule has 2 heterocycles. The topological polar surface area (TPSA) is 108 Å². The molecule has 2 rings (SSSR count). The van der Waals surface area contributed by atoms with E-state index in [2.05, 4.69) is 31.3 Å². The number of hydrogen-bond donors (Lipinski definition) is 4. The Kier molecular flexibility index (Phi) is 5.74. The van der Waals surface area contributed by atoms with Gasteiger partial charge in [0.1, 0.15) is 4.21 Å². The normalized spacial score (nSPS) is 22.4. The maximum absolute atomic E-state index is 11.9. The highest BCUT2D eigenvalue weighted by atomic mass is 79.9. The molecule has 10 heteroatoms. The van der Waals surface area contributed by atoms with E-state index in [1.165, 1.54) is 6.07 Å². The zero-order chi connectivity index (χ0) is 15.5. The van der Waals surface area contributed by atoms with Crippen molar-refractivity contribution in [2.75, 3.05) is 26.2 Å². The van der Waals surface area contributed by atoms with Gasteiger partial charge in [0, 0.05) is 25.6 Å². The summed E-state index contributed by atoms with van der Waals surface area (Å²) in [5.41, 5.74) is 0. The van der Waals surface area contributed by atoms with Crippen LogP contribution in [0.3, 0.4) is 0 Å². The molecule has 0 bridgehead atoms. The van der Waals surface area contributed by atoms with Gasteiger partial charge in [-0.05, 0) is 28.1 Å². The fourth-order valence-electron chi connectivity index (χ4n) is 1.91. The predicted molar refractivity (Wildman–Crippen MR) is 82.6 cm³/mol. The van der Waals surface area contributed by atoms with Crippen molar-refractivity contribution in [2.45, 2.75) is 10.3 Å². The van der Waals surface area contributed by atoms with Crippen LogP contribution in [0.15, 0.2) is 20.1 Å². The second-order valence-electron chi connectivity index (χ2n) is 4.67. The minimum absolute atomic E-state index is 0.0428. The Morgan fingerprint density at radius 1 is 1.48 bits per heavy atom. The molecule has 118 valence electrons. The van der Waals surface area contributed by atoms with Crippen molar-refractivity contribution in [3.05, 3.63) is 15.9 Å². The fourth-order valence-corrected chi connectivity index (χ4v) is 4.95. The number of halogens is 1. The summed E-state index contributed by atoms with van der Waals surface area (Å²) in [6, 6.07) is 3.10. The van der Waals surface area contributed by atoms with E-state index in [0.717, 1.165) is 11.3 Å². The van der Waals surface area contributed by atoms with Crippen LogP contribution in [0.4, 0.5) is 0 Å². The van der Waals surface area contributed by atoms with E-state index in [9.17, 15) is 18.3 Å². The number of nitrogens with one attached hydrogen (secondary N) is 3. The Morgan fingerprint density at radius 2 is 2.24 bits per heavy atom. The van der Waals surface area contributed by atoms with Gasteiger partial charge in [0.15, 0.2) is 0 Å². The molecule has 2 unspecified atom stereocenters. The maximum atomic E-state index is 11.9. The smallest absolute Gasteiger partial charge is 0.250 e. The Balaban J connectivity index is 1.78. The first-order valence-electron chi connectivity index (χ1n) is 6.29. The molecular weight excluding hydrogens is 382 g/mol. The Morgan fingerprint density at radius 3 is 2.81 bits per heavy atom. The van der Waals surface area contributed by atoms with Gasteiger partial charge in [-0.25, -0.2) is 13.1 Å². The van der Waals surface area contributed by atoms with Crippen molar-refractivity contribution in [2.24, 2.45) is 5.92 Å². The van der Waals surface area contributed by atoms with Gasteiger partial charge >= 0.3 is 0 Å². The molecule has 1 amide bonds. The molecule has 7 nitrogen and oxygen atoms in total. The van der Waals surface area contributed by atoms with Crippen LogP contribution in [0.1, 0.15) is 0 Å². The summed E-state index contributed by atoms with van der Waals surface area (Å²) in [5.74, 6) is -0.466. The molecule has 0 radical (unpaired) electrons. The first-order chi connectivity index (χ1) is 9.88. The standard InChI is InChI=1S/C11H16BrN3O4S2/c12-9-1-2-11(20-9)21(18,19)15-6-10(17)14-4-7-3-13-5-8(7)16/h1-2,7-8,13,15-16H,3-6H2,(H,14,17). The molecule has 1 aromatic heterocycles. The summed E-state index contributed by atoms with van der Waals surface area (Å²) in [4.78, 5) is 11.6. The summed E-state index contributed by atoms with van der Waals surface area (Å²) in [6.07, 6.45) is -0.481. The summed E-state index contributed by atoms with van der Waals surface area (Å²) in [7, 11) is -3.67. The van der Waals surface area contributed by atoms with Crippen molar-refractivity contribution in [1.29, 1.82) is 0 Å². The second-order valence-corrected chi connectivity index (χ2v) is 9.13. The molecule has 0 spiro atoms. The maximum Gasteiger partial charge on any atom is 0.250 e. The zero-order valence-electron chi connectivity index (χ0n) is 11.0. The molecule has 0 aliphatic carbocycles. The molecule has 1 aliphatic heterocycles. The molecule has 4 N–H and O–H groups in total. The molecule has 2 atom stereocenters. The number of sulfonamides is 1. The van der Waals surface area contributed by atoms with E-state index in [1.54, 1.807) is 6.07 Å². The van der Waals surface area contributed by atoms with Crippen molar-refractivity contribution < 1.29 is 18.3 Å². The fraction of sp³-hybridized carbons (Fsp3) is 0.545. The minimum Gasteiger partial charge on any atom is -0.391 e. The number of rotatable bonds is 6. The Bertz CT molecular complexity index is 604. The zero-order valence-corrected chi connectivity index (χ0v) is 14.2. The number of β-amino-alcohol motifs (C(OH)–C–C–N with tert-alkyl or cyclic N) is 1. The van der Waals surface area contributed by atoms with E-state index >= 15 is 0 Å². The number of carbonyl (C=O) groups is 1. The first-order valence-corrected chi connectivity index (χ1v) is 9.38. The van der Waals surface area contributed by atoms with Crippen molar-refractivity contribution in [3.63, 3.8) is 0 Å². The number of aliphatic hydroxyl groups excluding tert-OH is 1. The molecule has 1 aliphatic rings. The highest BCUT2D eigenvalue weighted by Crippen LogP contribution is 2.25. The van der Waals surface area contributed by atoms with E-state index in [-0.39, 0.29) is 16.7 Å². The summed E-state index contributed by atoms with van der Waals surface area (Å²) < 4.78 is 26.9. The van der Waals surface area contributed by atoms with Gasteiger partial charge in [-0.2, -0.15) is 0 Å². The number of amides is 1. The van der Waals surface area contributed by atoms with E-state index in [4.69, 9.17) is 0 Å². The lowest BCUT2D eigenvalue weighted by Crippen LogP contribution is -2.40. The molecule has 0 saturated carbocycles. The lowest BCUT2D eigenvalue weighted by molar-refractivity contribution is -0.120. The lowest BCUT2D eigenvalue weighted by Gasteiger charge is -2.14. The van der Waals surface area contributed by atoms with Crippen LogP contribution < -0.4 is 15.4 Å². The van der Waals surface area contributed by atoms with Crippen molar-refractivity contribution >= 4 is 43.2 Å². The highest BCUT2D eigenvalue weighted by Gasteiger charge is 2.25. The van der Waals surface area contributed by atoms with Crippen LogP contribution in [0.5, 0.6) is 0 Å².